The summed E-state index contributed by atoms with van der Waals surface area (Å²) in [6.45, 7) is 16.6. The van der Waals surface area contributed by atoms with Crippen LogP contribution in [-0.2, 0) is 0 Å². The molecule has 2 heteroatoms. The summed E-state index contributed by atoms with van der Waals surface area (Å²) in [7, 11) is 2.34. The van der Waals surface area contributed by atoms with E-state index in [0.717, 1.165) is 12.6 Å². The summed E-state index contributed by atoms with van der Waals surface area (Å²) < 4.78 is 0. The molecule has 1 rings (SSSR count). The van der Waals surface area contributed by atoms with Crippen LogP contribution in [0.3, 0.4) is 0 Å². The van der Waals surface area contributed by atoms with Crippen LogP contribution in [0.1, 0.15) is 80.1 Å². The summed E-state index contributed by atoms with van der Waals surface area (Å²) in [6, 6.07) is 1.43. The van der Waals surface area contributed by atoms with Crippen molar-refractivity contribution in [3.05, 3.63) is 0 Å². The monoisotopic (exact) mass is 296 g/mol. The van der Waals surface area contributed by atoms with Gasteiger partial charge in [0, 0.05) is 12.1 Å². The zero-order valence-electron chi connectivity index (χ0n) is 15.8. The average molecular weight is 297 g/mol. The maximum absolute atomic E-state index is 3.75. The van der Waals surface area contributed by atoms with E-state index < -0.39 is 0 Å². The smallest absolute Gasteiger partial charge is 0.0128 e. The summed E-state index contributed by atoms with van der Waals surface area (Å²) in [5.41, 5.74) is 0.929. The van der Waals surface area contributed by atoms with Crippen molar-refractivity contribution in [1.29, 1.82) is 0 Å². The number of hydrogen-bond acceptors (Lipinski definition) is 2. The van der Waals surface area contributed by atoms with E-state index in [9.17, 15) is 0 Å². The second-order valence-corrected chi connectivity index (χ2v) is 9.04. The second-order valence-electron chi connectivity index (χ2n) is 9.04. The highest BCUT2D eigenvalue weighted by Crippen LogP contribution is 2.36. The fraction of sp³-hybridized carbons (Fsp3) is 1.00. The van der Waals surface area contributed by atoms with Crippen LogP contribution >= 0.6 is 0 Å². The van der Waals surface area contributed by atoms with E-state index in [1.807, 2.05) is 0 Å². The van der Waals surface area contributed by atoms with Crippen molar-refractivity contribution in [2.75, 3.05) is 20.1 Å². The molecule has 1 atom stereocenters. The topological polar surface area (TPSA) is 15.3 Å². The van der Waals surface area contributed by atoms with Crippen LogP contribution < -0.4 is 5.32 Å². The molecular formula is C19H40N2. The van der Waals surface area contributed by atoms with Gasteiger partial charge in [-0.25, -0.2) is 0 Å². The van der Waals surface area contributed by atoms with E-state index in [2.05, 4.69) is 58.8 Å². The Morgan fingerprint density at radius 2 is 1.76 bits per heavy atom. The molecule has 1 N–H and O–H groups in total. The molecule has 0 aromatic carbocycles. The van der Waals surface area contributed by atoms with Crippen LogP contribution in [0, 0.1) is 10.8 Å². The average Bonchev–Trinajstić information content (AvgIpc) is 2.36. The number of nitrogens with zero attached hydrogens (tertiary/aromatic N) is 1. The van der Waals surface area contributed by atoms with Crippen molar-refractivity contribution < 1.29 is 0 Å². The minimum Gasteiger partial charge on any atom is -0.313 e. The molecule has 0 aromatic heterocycles. The Balaban J connectivity index is 2.41. The van der Waals surface area contributed by atoms with Gasteiger partial charge in [0.15, 0.2) is 0 Å². The molecule has 0 bridgehead atoms. The first kappa shape index (κ1) is 19.0. The summed E-state index contributed by atoms with van der Waals surface area (Å²) >= 11 is 0. The van der Waals surface area contributed by atoms with Gasteiger partial charge in [0.1, 0.15) is 0 Å². The van der Waals surface area contributed by atoms with Crippen LogP contribution in [0.15, 0.2) is 0 Å². The highest BCUT2D eigenvalue weighted by molar-refractivity contribution is 4.85. The summed E-state index contributed by atoms with van der Waals surface area (Å²) in [5.74, 6) is 0. The lowest BCUT2D eigenvalue weighted by atomic mass is 9.75. The molecule has 0 aromatic rings. The van der Waals surface area contributed by atoms with Crippen LogP contribution in [0.4, 0.5) is 0 Å². The maximum atomic E-state index is 3.75. The van der Waals surface area contributed by atoms with E-state index >= 15 is 0 Å². The Labute approximate surface area is 134 Å². The summed E-state index contributed by atoms with van der Waals surface area (Å²) in [5, 5.41) is 3.75. The van der Waals surface area contributed by atoms with E-state index in [-0.39, 0.29) is 0 Å². The minimum absolute atomic E-state index is 0.352. The van der Waals surface area contributed by atoms with Gasteiger partial charge in [0.05, 0.1) is 0 Å². The first-order valence-electron chi connectivity index (χ1n) is 9.09. The zero-order valence-corrected chi connectivity index (χ0v) is 15.8. The molecule has 0 saturated heterocycles. The first-order chi connectivity index (χ1) is 9.65. The van der Waals surface area contributed by atoms with E-state index in [4.69, 9.17) is 0 Å². The molecule has 1 fully saturated rings. The summed E-state index contributed by atoms with van der Waals surface area (Å²) in [4.78, 5) is 2.63. The quantitative estimate of drug-likeness (QED) is 0.733. The third-order valence-electron chi connectivity index (χ3n) is 5.39. The molecule has 0 radical (unpaired) electrons. The number of nitrogens with one attached hydrogen (secondary N) is 1. The predicted molar refractivity (Wildman–Crippen MR) is 94.8 cm³/mol. The van der Waals surface area contributed by atoms with Crippen molar-refractivity contribution in [1.82, 2.24) is 10.2 Å². The van der Waals surface area contributed by atoms with Gasteiger partial charge < -0.3 is 10.2 Å². The molecular weight excluding hydrogens is 256 g/mol. The van der Waals surface area contributed by atoms with Crippen molar-refractivity contribution in [3.63, 3.8) is 0 Å². The molecule has 1 saturated carbocycles. The van der Waals surface area contributed by atoms with Crippen molar-refractivity contribution in [2.24, 2.45) is 10.8 Å². The van der Waals surface area contributed by atoms with Gasteiger partial charge in [0.25, 0.3) is 0 Å². The highest BCUT2D eigenvalue weighted by atomic mass is 15.1. The van der Waals surface area contributed by atoms with E-state index in [1.165, 1.54) is 45.1 Å². The van der Waals surface area contributed by atoms with Crippen LogP contribution in [0.5, 0.6) is 0 Å². The van der Waals surface area contributed by atoms with Crippen molar-refractivity contribution in [3.8, 4) is 0 Å². The lowest BCUT2D eigenvalue weighted by molar-refractivity contribution is 0.117. The maximum Gasteiger partial charge on any atom is 0.0128 e. The minimum atomic E-state index is 0.352. The zero-order chi connectivity index (χ0) is 16.1. The van der Waals surface area contributed by atoms with Gasteiger partial charge in [-0.1, -0.05) is 41.5 Å². The third-order valence-corrected chi connectivity index (χ3v) is 5.39. The fourth-order valence-electron chi connectivity index (χ4n) is 3.50. The summed E-state index contributed by atoms with van der Waals surface area (Å²) in [6.07, 6.45) is 8.02. The van der Waals surface area contributed by atoms with Crippen LogP contribution in [0.25, 0.3) is 0 Å². The van der Waals surface area contributed by atoms with Gasteiger partial charge in [-0.2, -0.15) is 0 Å². The molecule has 1 aliphatic rings. The van der Waals surface area contributed by atoms with Gasteiger partial charge in [-0.05, 0) is 69.5 Å². The molecule has 0 aliphatic heterocycles. The standard InChI is InChI=1S/C19H40N2/c1-8-14-20-17(18(2,3)4)11-15-21(7)16-9-12-19(5,6)13-10-16/h16-17,20H,8-15H2,1-7H3. The molecule has 0 spiro atoms. The Morgan fingerprint density at radius 3 is 2.24 bits per heavy atom. The van der Waals surface area contributed by atoms with Gasteiger partial charge >= 0.3 is 0 Å². The van der Waals surface area contributed by atoms with Gasteiger partial charge in [-0.3, -0.25) is 0 Å². The Morgan fingerprint density at radius 1 is 1.19 bits per heavy atom. The van der Waals surface area contributed by atoms with Crippen molar-refractivity contribution >= 4 is 0 Å². The second kappa shape index (κ2) is 7.97. The number of rotatable bonds is 7. The van der Waals surface area contributed by atoms with E-state index in [0.29, 0.717) is 16.9 Å². The van der Waals surface area contributed by atoms with Crippen molar-refractivity contribution in [2.45, 2.75) is 92.2 Å². The molecule has 126 valence electrons. The Kier molecular flexibility index (Phi) is 7.19. The molecule has 21 heavy (non-hydrogen) atoms. The Hall–Kier alpha value is -0.0800. The molecule has 2 nitrogen and oxygen atoms in total. The number of hydrogen-bond donors (Lipinski definition) is 1. The highest BCUT2D eigenvalue weighted by Gasteiger charge is 2.30. The SMILES string of the molecule is CCCNC(CCN(C)C1CCC(C)(C)CC1)C(C)(C)C. The third kappa shape index (κ3) is 6.69. The van der Waals surface area contributed by atoms with Gasteiger partial charge in [-0.15, -0.1) is 0 Å². The largest absolute Gasteiger partial charge is 0.313 e. The normalized spacial score (nSPS) is 21.7. The lowest BCUT2D eigenvalue weighted by Crippen LogP contribution is -2.44. The molecule has 1 unspecified atom stereocenters. The van der Waals surface area contributed by atoms with Crippen LogP contribution in [-0.4, -0.2) is 37.1 Å². The molecule has 1 aliphatic carbocycles. The predicted octanol–water partition coefficient (Wildman–Crippen LogP) is 4.69. The fourth-order valence-corrected chi connectivity index (χ4v) is 3.50. The van der Waals surface area contributed by atoms with E-state index in [1.54, 1.807) is 0 Å². The first-order valence-corrected chi connectivity index (χ1v) is 9.09. The molecule has 0 heterocycles. The van der Waals surface area contributed by atoms with Gasteiger partial charge in [0.2, 0.25) is 0 Å². The molecule has 0 amide bonds. The lowest BCUT2D eigenvalue weighted by Gasteiger charge is -2.40. The van der Waals surface area contributed by atoms with Crippen LogP contribution in [0.2, 0.25) is 0 Å². The Bertz CT molecular complexity index is 280.